The monoisotopic (exact) mass is 368 g/mol. The van der Waals surface area contributed by atoms with Gasteiger partial charge in [-0.2, -0.15) is 0 Å². The molecule has 24 heavy (non-hydrogen) atoms. The summed E-state index contributed by atoms with van der Waals surface area (Å²) in [6.45, 7) is -0.600. The fourth-order valence-electron chi connectivity index (χ4n) is 1.78. The first-order valence-electron chi connectivity index (χ1n) is 6.62. The summed E-state index contributed by atoms with van der Waals surface area (Å²) in [5.74, 6) is -1.69. The molecule has 0 radical (unpaired) electrons. The van der Waals surface area contributed by atoms with Gasteiger partial charge in [-0.15, -0.1) is 0 Å². The zero-order chi connectivity index (χ0) is 17.7. The Morgan fingerprint density at radius 2 is 1.71 bits per heavy atom. The number of esters is 1. The first-order chi connectivity index (χ1) is 11.3. The van der Waals surface area contributed by atoms with Gasteiger partial charge in [-0.1, -0.05) is 23.7 Å². The van der Waals surface area contributed by atoms with Crippen molar-refractivity contribution in [2.75, 3.05) is 11.3 Å². The number of benzene rings is 2. The van der Waals surface area contributed by atoms with Gasteiger partial charge in [-0.05, 0) is 36.4 Å². The average Bonchev–Trinajstić information content (AvgIpc) is 2.53. The van der Waals surface area contributed by atoms with E-state index in [1.165, 1.54) is 42.5 Å². The molecule has 7 nitrogen and oxygen atoms in total. The normalized spacial score (nSPS) is 10.9. The molecule has 0 fully saturated rings. The van der Waals surface area contributed by atoms with Crippen LogP contribution in [-0.4, -0.2) is 26.9 Å². The number of halogens is 1. The lowest BCUT2D eigenvalue weighted by Crippen LogP contribution is -2.22. The van der Waals surface area contributed by atoms with Gasteiger partial charge in [0.2, 0.25) is 0 Å². The molecule has 0 unspecified atom stereocenters. The number of primary amides is 1. The van der Waals surface area contributed by atoms with Crippen LogP contribution < -0.4 is 10.5 Å². The lowest BCUT2D eigenvalue weighted by atomic mass is 10.2. The molecule has 0 saturated heterocycles. The van der Waals surface area contributed by atoms with Crippen molar-refractivity contribution in [2.45, 2.75) is 4.90 Å². The van der Waals surface area contributed by atoms with Crippen molar-refractivity contribution in [3.05, 3.63) is 59.1 Å². The van der Waals surface area contributed by atoms with Crippen molar-refractivity contribution in [1.82, 2.24) is 0 Å². The summed E-state index contributed by atoms with van der Waals surface area (Å²) in [7, 11) is -3.93. The molecule has 0 aliphatic carbocycles. The van der Waals surface area contributed by atoms with E-state index in [0.717, 1.165) is 0 Å². The van der Waals surface area contributed by atoms with Crippen LogP contribution in [0.15, 0.2) is 53.4 Å². The molecular formula is C15H13ClN2O5S. The van der Waals surface area contributed by atoms with Crippen molar-refractivity contribution in [3.8, 4) is 0 Å². The highest BCUT2D eigenvalue weighted by Gasteiger charge is 2.19. The van der Waals surface area contributed by atoms with Crippen molar-refractivity contribution in [2.24, 2.45) is 5.73 Å². The highest BCUT2D eigenvalue weighted by Crippen LogP contribution is 2.22. The molecule has 0 bridgehead atoms. The summed E-state index contributed by atoms with van der Waals surface area (Å²) in [5.41, 5.74) is 4.88. The third-order valence-electron chi connectivity index (χ3n) is 2.86. The minimum Gasteiger partial charge on any atom is -0.452 e. The molecule has 0 atom stereocenters. The summed E-state index contributed by atoms with van der Waals surface area (Å²) in [6.07, 6.45) is 0. The van der Waals surface area contributed by atoms with Crippen LogP contribution in [0, 0.1) is 0 Å². The van der Waals surface area contributed by atoms with Gasteiger partial charge in [0.05, 0.1) is 16.1 Å². The van der Waals surface area contributed by atoms with Crippen molar-refractivity contribution in [3.63, 3.8) is 0 Å². The molecule has 9 heteroatoms. The van der Waals surface area contributed by atoms with E-state index in [0.29, 0.717) is 5.02 Å². The Kier molecular flexibility index (Phi) is 5.42. The van der Waals surface area contributed by atoms with Gasteiger partial charge in [0.25, 0.3) is 15.9 Å². The van der Waals surface area contributed by atoms with E-state index in [1.54, 1.807) is 6.07 Å². The third kappa shape index (κ3) is 4.46. The van der Waals surface area contributed by atoms with Crippen LogP contribution in [0.2, 0.25) is 5.02 Å². The van der Waals surface area contributed by atoms with Crippen LogP contribution in [0.3, 0.4) is 0 Å². The quantitative estimate of drug-likeness (QED) is 0.754. The molecule has 0 aromatic heterocycles. The fraction of sp³-hybridized carbons (Fsp3) is 0.0667. The van der Waals surface area contributed by atoms with E-state index in [2.05, 4.69) is 4.72 Å². The van der Waals surface area contributed by atoms with Crippen LogP contribution in [0.25, 0.3) is 0 Å². The van der Waals surface area contributed by atoms with Crippen LogP contribution in [0.4, 0.5) is 5.69 Å². The molecule has 3 N–H and O–H groups in total. The van der Waals surface area contributed by atoms with E-state index in [1.807, 2.05) is 0 Å². The number of hydrogen-bond donors (Lipinski definition) is 2. The van der Waals surface area contributed by atoms with Gasteiger partial charge < -0.3 is 10.5 Å². The number of carbonyl (C=O) groups excluding carboxylic acids is 2. The Morgan fingerprint density at radius 1 is 1.08 bits per heavy atom. The van der Waals surface area contributed by atoms with Gasteiger partial charge in [-0.3, -0.25) is 9.52 Å². The van der Waals surface area contributed by atoms with Crippen LogP contribution in [0.1, 0.15) is 10.4 Å². The molecule has 0 heterocycles. The molecule has 0 aliphatic rings. The van der Waals surface area contributed by atoms with E-state index in [4.69, 9.17) is 22.1 Å². The number of nitrogens with two attached hydrogens (primary N) is 1. The van der Waals surface area contributed by atoms with E-state index >= 15 is 0 Å². The van der Waals surface area contributed by atoms with Gasteiger partial charge in [-0.25, -0.2) is 13.2 Å². The molecular weight excluding hydrogens is 356 g/mol. The smallest absolute Gasteiger partial charge is 0.340 e. The summed E-state index contributed by atoms with van der Waals surface area (Å²) in [4.78, 5) is 22.6. The maximum Gasteiger partial charge on any atom is 0.340 e. The SMILES string of the molecule is NC(=O)COC(=O)c1ccccc1NS(=O)(=O)c1ccc(Cl)cc1. The molecule has 2 aromatic rings. The second-order valence-corrected chi connectivity index (χ2v) is 6.77. The van der Waals surface area contributed by atoms with Crippen LogP contribution >= 0.6 is 11.6 Å². The predicted octanol–water partition coefficient (Wildman–Crippen LogP) is 1.78. The summed E-state index contributed by atoms with van der Waals surface area (Å²) in [5, 5.41) is 0.393. The summed E-state index contributed by atoms with van der Waals surface area (Å²) < 4.78 is 31.8. The minimum atomic E-state index is -3.93. The van der Waals surface area contributed by atoms with Crippen molar-refractivity contribution in [1.29, 1.82) is 0 Å². The van der Waals surface area contributed by atoms with Crippen LogP contribution in [-0.2, 0) is 19.6 Å². The largest absolute Gasteiger partial charge is 0.452 e. The average molecular weight is 369 g/mol. The minimum absolute atomic E-state index is 0.0157. The number of rotatable bonds is 6. The van der Waals surface area contributed by atoms with Gasteiger partial charge >= 0.3 is 5.97 Å². The highest BCUT2D eigenvalue weighted by molar-refractivity contribution is 7.92. The number of anilines is 1. The molecule has 126 valence electrons. The molecule has 0 spiro atoms. The molecule has 0 aliphatic heterocycles. The Hall–Kier alpha value is -2.58. The Labute approximate surface area is 143 Å². The summed E-state index contributed by atoms with van der Waals surface area (Å²) in [6, 6.07) is 11.4. The first kappa shape index (κ1) is 17.8. The summed E-state index contributed by atoms with van der Waals surface area (Å²) >= 11 is 5.73. The Morgan fingerprint density at radius 3 is 2.33 bits per heavy atom. The second kappa shape index (κ2) is 7.33. The molecule has 2 aromatic carbocycles. The fourth-order valence-corrected chi connectivity index (χ4v) is 2.99. The van der Waals surface area contributed by atoms with Gasteiger partial charge in [0.1, 0.15) is 0 Å². The van der Waals surface area contributed by atoms with E-state index in [-0.39, 0.29) is 16.1 Å². The number of hydrogen-bond acceptors (Lipinski definition) is 5. The maximum atomic E-state index is 12.4. The second-order valence-electron chi connectivity index (χ2n) is 4.65. The van der Waals surface area contributed by atoms with E-state index < -0.39 is 28.5 Å². The topological polar surface area (TPSA) is 116 Å². The third-order valence-corrected chi connectivity index (χ3v) is 4.49. The molecule has 1 amide bonds. The standard InChI is InChI=1S/C15H13ClN2O5S/c16-10-5-7-11(8-6-10)24(21,22)18-13-4-2-1-3-12(13)15(20)23-9-14(17)19/h1-8,18H,9H2,(H2,17,19). The molecule has 2 rings (SSSR count). The lowest BCUT2D eigenvalue weighted by molar-refractivity contribution is -0.121. The maximum absolute atomic E-state index is 12.4. The zero-order valence-electron chi connectivity index (χ0n) is 12.2. The number of carbonyl (C=O) groups is 2. The number of nitrogens with one attached hydrogen (secondary N) is 1. The molecule has 0 saturated carbocycles. The van der Waals surface area contributed by atoms with Gasteiger partial charge in [0, 0.05) is 5.02 Å². The number of ether oxygens (including phenoxy) is 1. The van der Waals surface area contributed by atoms with Crippen LogP contribution in [0.5, 0.6) is 0 Å². The Bertz CT molecular complexity index is 866. The Balaban J connectivity index is 2.28. The predicted molar refractivity (Wildman–Crippen MR) is 88.2 cm³/mol. The van der Waals surface area contributed by atoms with Crippen molar-refractivity contribution >= 4 is 39.2 Å². The highest BCUT2D eigenvalue weighted by atomic mass is 35.5. The number of amides is 1. The first-order valence-corrected chi connectivity index (χ1v) is 8.48. The van der Waals surface area contributed by atoms with E-state index in [9.17, 15) is 18.0 Å². The lowest BCUT2D eigenvalue weighted by Gasteiger charge is -2.12. The number of para-hydroxylation sites is 1. The van der Waals surface area contributed by atoms with Gasteiger partial charge in [0.15, 0.2) is 6.61 Å². The van der Waals surface area contributed by atoms with Crippen molar-refractivity contribution < 1.29 is 22.7 Å². The number of sulfonamides is 1. The zero-order valence-corrected chi connectivity index (χ0v) is 13.8.